The summed E-state index contributed by atoms with van der Waals surface area (Å²) in [6.07, 6.45) is -3.91. The fourth-order valence-electron chi connectivity index (χ4n) is 2.26. The molecule has 0 bridgehead atoms. The number of aromatic nitrogens is 3. The largest absolute Gasteiger partial charge is 0.478 e. The van der Waals surface area contributed by atoms with Crippen molar-refractivity contribution in [3.63, 3.8) is 0 Å². The van der Waals surface area contributed by atoms with Crippen LogP contribution in [0.15, 0.2) is 29.8 Å². The van der Waals surface area contributed by atoms with E-state index in [0.717, 1.165) is 16.9 Å². The van der Waals surface area contributed by atoms with E-state index in [9.17, 15) is 18.0 Å². The van der Waals surface area contributed by atoms with Crippen LogP contribution in [0.5, 0.6) is 0 Å². The molecule has 1 aromatic carbocycles. The summed E-state index contributed by atoms with van der Waals surface area (Å²) in [4.78, 5) is 15.1. The maximum Gasteiger partial charge on any atom is 0.434 e. The summed E-state index contributed by atoms with van der Waals surface area (Å²) in [7, 11) is 0. The number of carbonyl (C=O) groups is 1. The highest BCUT2D eigenvalue weighted by Crippen LogP contribution is 2.34. The van der Waals surface area contributed by atoms with E-state index in [1.54, 1.807) is 23.6 Å². The van der Waals surface area contributed by atoms with Crippen LogP contribution < -0.4 is 0 Å². The molecule has 3 rings (SSSR count). The number of nitrogens with zero attached hydrogens (tertiary/aromatic N) is 3. The van der Waals surface area contributed by atoms with E-state index in [4.69, 9.17) is 28.3 Å². The average molecular weight is 422 g/mol. The summed E-state index contributed by atoms with van der Waals surface area (Å²) >= 11 is 12.7. The average Bonchev–Trinajstić information content (AvgIpc) is 3.16. The van der Waals surface area contributed by atoms with E-state index in [-0.39, 0.29) is 5.13 Å². The minimum Gasteiger partial charge on any atom is -0.478 e. The number of rotatable bonds is 4. The smallest absolute Gasteiger partial charge is 0.434 e. The zero-order valence-electron chi connectivity index (χ0n) is 12.6. The Kier molecular flexibility index (Phi) is 4.96. The maximum absolute atomic E-state index is 13.2. The van der Waals surface area contributed by atoms with Crippen LogP contribution in [0, 0.1) is 0 Å². The Morgan fingerprint density at radius 2 is 2.00 bits per heavy atom. The minimum absolute atomic E-state index is 0.0834. The van der Waals surface area contributed by atoms with Gasteiger partial charge in [0.05, 0.1) is 21.9 Å². The lowest BCUT2D eigenvalue weighted by molar-refractivity contribution is -0.143. The number of alkyl halides is 3. The Morgan fingerprint density at radius 3 is 2.62 bits per heavy atom. The Hall–Kier alpha value is -2.10. The van der Waals surface area contributed by atoms with Gasteiger partial charge in [-0.05, 0) is 17.7 Å². The highest BCUT2D eigenvalue weighted by atomic mass is 35.5. The van der Waals surface area contributed by atoms with Crippen LogP contribution in [-0.4, -0.2) is 25.8 Å². The molecule has 0 spiro atoms. The molecule has 1 N–H and O–H groups in total. The molecule has 0 unspecified atom stereocenters. The second-order valence-corrected chi connectivity index (χ2v) is 6.82. The van der Waals surface area contributed by atoms with Crippen molar-refractivity contribution in [1.82, 2.24) is 14.8 Å². The molecule has 0 saturated carbocycles. The lowest BCUT2D eigenvalue weighted by Gasteiger charge is -2.09. The predicted molar refractivity (Wildman–Crippen MR) is 90.5 cm³/mol. The molecule has 3 aromatic rings. The summed E-state index contributed by atoms with van der Waals surface area (Å²) in [6, 6.07) is 4.98. The topological polar surface area (TPSA) is 68.0 Å². The fraction of sp³-hybridized carbons (Fsp3) is 0.133. The Balaban J connectivity index is 1.95. The lowest BCUT2D eigenvalue weighted by Crippen LogP contribution is -2.17. The van der Waals surface area contributed by atoms with Gasteiger partial charge in [0.25, 0.3) is 0 Å². The van der Waals surface area contributed by atoms with Crippen molar-refractivity contribution in [2.45, 2.75) is 12.6 Å². The number of halogens is 5. The summed E-state index contributed by atoms with van der Waals surface area (Å²) in [5.74, 6) is -1.71. The first-order valence-electron chi connectivity index (χ1n) is 6.94. The predicted octanol–water partition coefficient (Wildman–Crippen LogP) is 4.94. The van der Waals surface area contributed by atoms with Crippen LogP contribution in [0.1, 0.15) is 27.3 Å². The Morgan fingerprint density at radius 1 is 1.27 bits per heavy atom. The van der Waals surface area contributed by atoms with Gasteiger partial charge in [-0.15, -0.1) is 11.3 Å². The fourth-order valence-corrected chi connectivity index (χ4v) is 3.36. The third-order valence-corrected chi connectivity index (χ3v) is 4.96. The highest BCUT2D eigenvalue weighted by molar-refractivity contribution is 7.12. The van der Waals surface area contributed by atoms with Gasteiger partial charge in [-0.25, -0.2) is 14.5 Å². The molecule has 0 radical (unpaired) electrons. The first kappa shape index (κ1) is 18.7. The molecule has 0 atom stereocenters. The highest BCUT2D eigenvalue weighted by Gasteiger charge is 2.41. The van der Waals surface area contributed by atoms with Crippen LogP contribution in [-0.2, 0) is 12.6 Å². The van der Waals surface area contributed by atoms with Crippen LogP contribution in [0.2, 0.25) is 10.0 Å². The molecule has 0 aliphatic rings. The first-order valence-corrected chi connectivity index (χ1v) is 8.57. The van der Waals surface area contributed by atoms with Crippen molar-refractivity contribution in [3.05, 3.63) is 62.3 Å². The second-order valence-electron chi connectivity index (χ2n) is 5.17. The second kappa shape index (κ2) is 6.90. The van der Waals surface area contributed by atoms with Gasteiger partial charge in [0.1, 0.15) is 5.56 Å². The summed E-state index contributed by atoms with van der Waals surface area (Å²) < 4.78 is 40.2. The monoisotopic (exact) mass is 421 g/mol. The minimum atomic E-state index is -4.89. The number of aromatic carboxylic acids is 1. The molecule has 136 valence electrons. The van der Waals surface area contributed by atoms with Crippen molar-refractivity contribution >= 4 is 40.5 Å². The third-order valence-electron chi connectivity index (χ3n) is 3.36. The van der Waals surface area contributed by atoms with E-state index in [1.807, 2.05) is 0 Å². The zero-order chi connectivity index (χ0) is 19.1. The van der Waals surface area contributed by atoms with Crippen molar-refractivity contribution in [1.29, 1.82) is 0 Å². The standard InChI is InChI=1S/C15H8Cl2F3N3O2S/c16-10-2-1-7(4-11(10)17)3-8-6-26-14(22-8)23-12(15(18,19)20)9(5-21-23)13(24)25/h1-2,4-6H,3H2,(H,24,25). The van der Waals surface area contributed by atoms with E-state index in [2.05, 4.69) is 10.1 Å². The number of carboxylic acid groups (broad SMARTS) is 1. The number of thiazole rings is 1. The number of hydrogen-bond donors (Lipinski definition) is 1. The molecule has 0 amide bonds. The SMILES string of the molecule is O=C(O)c1cnn(-c2nc(Cc3ccc(Cl)c(Cl)c3)cs2)c1C(F)(F)F. The first-order chi connectivity index (χ1) is 12.2. The molecule has 5 nitrogen and oxygen atoms in total. The van der Waals surface area contributed by atoms with Gasteiger partial charge in [0.15, 0.2) is 5.69 Å². The van der Waals surface area contributed by atoms with Crippen LogP contribution in [0.3, 0.4) is 0 Å². The van der Waals surface area contributed by atoms with Gasteiger partial charge in [0.2, 0.25) is 5.13 Å². The van der Waals surface area contributed by atoms with Crippen LogP contribution >= 0.6 is 34.5 Å². The van der Waals surface area contributed by atoms with Gasteiger partial charge >= 0.3 is 12.1 Å². The number of carboxylic acids is 1. The van der Waals surface area contributed by atoms with Gasteiger partial charge in [0, 0.05) is 11.8 Å². The van der Waals surface area contributed by atoms with Gasteiger partial charge in [-0.1, -0.05) is 29.3 Å². The number of hydrogen-bond acceptors (Lipinski definition) is 4. The van der Waals surface area contributed by atoms with E-state index < -0.39 is 23.4 Å². The molecular formula is C15H8Cl2F3N3O2S. The van der Waals surface area contributed by atoms with Crippen molar-refractivity contribution in [2.75, 3.05) is 0 Å². The van der Waals surface area contributed by atoms with Crippen molar-refractivity contribution in [2.24, 2.45) is 0 Å². The normalized spacial score (nSPS) is 11.7. The molecule has 0 aliphatic heterocycles. The Labute approximate surface area is 158 Å². The molecular weight excluding hydrogens is 414 g/mol. The van der Waals surface area contributed by atoms with E-state index in [1.165, 1.54) is 0 Å². The van der Waals surface area contributed by atoms with Crippen LogP contribution in [0.25, 0.3) is 5.13 Å². The van der Waals surface area contributed by atoms with Crippen LogP contribution in [0.4, 0.5) is 13.2 Å². The number of benzene rings is 1. The molecule has 2 aromatic heterocycles. The van der Waals surface area contributed by atoms with Gasteiger partial charge in [-0.3, -0.25) is 0 Å². The summed E-state index contributed by atoms with van der Waals surface area (Å²) in [6.45, 7) is 0. The molecule has 11 heteroatoms. The third kappa shape index (κ3) is 3.69. The quantitative estimate of drug-likeness (QED) is 0.647. The molecule has 0 saturated heterocycles. The summed E-state index contributed by atoms with van der Waals surface area (Å²) in [5.41, 5.74) is -1.04. The lowest BCUT2D eigenvalue weighted by atomic mass is 10.1. The molecule has 0 fully saturated rings. The van der Waals surface area contributed by atoms with Crippen molar-refractivity contribution in [3.8, 4) is 5.13 Å². The molecule has 0 aliphatic carbocycles. The van der Waals surface area contributed by atoms with Gasteiger partial charge < -0.3 is 5.11 Å². The molecule has 2 heterocycles. The summed E-state index contributed by atoms with van der Waals surface area (Å²) in [5, 5.41) is 14.7. The molecule has 26 heavy (non-hydrogen) atoms. The van der Waals surface area contributed by atoms with E-state index in [0.29, 0.717) is 33.0 Å². The van der Waals surface area contributed by atoms with E-state index >= 15 is 0 Å². The van der Waals surface area contributed by atoms with Crippen molar-refractivity contribution < 1.29 is 23.1 Å². The van der Waals surface area contributed by atoms with Gasteiger partial charge in [-0.2, -0.15) is 18.3 Å². The Bertz CT molecular complexity index is 985. The zero-order valence-corrected chi connectivity index (χ0v) is 14.9. The maximum atomic E-state index is 13.2.